The number of anilines is 1. The minimum atomic E-state index is -3.67. The zero-order valence-corrected chi connectivity index (χ0v) is 9.43. The number of hydrogen-bond donors (Lipinski definition) is 1. The Bertz CT molecular complexity index is 400. The quantitative estimate of drug-likeness (QED) is 0.811. The molecule has 0 saturated heterocycles. The monoisotopic (exact) mass is 234 g/mol. The van der Waals surface area contributed by atoms with Gasteiger partial charge in [0.05, 0.1) is 0 Å². The number of hydrogen-bond acceptors (Lipinski definition) is 4. The summed E-state index contributed by atoms with van der Waals surface area (Å²) in [6.07, 6.45) is 1.23. The highest BCUT2D eigenvalue weighted by molar-refractivity contribution is 8.13. The van der Waals surface area contributed by atoms with Crippen LogP contribution in [0.1, 0.15) is 13.8 Å². The van der Waals surface area contributed by atoms with E-state index < -0.39 is 9.05 Å². The van der Waals surface area contributed by atoms with E-state index in [1.807, 2.05) is 13.8 Å². The number of halogens is 1. The van der Waals surface area contributed by atoms with Gasteiger partial charge in [-0.15, -0.1) is 0 Å². The van der Waals surface area contributed by atoms with Crippen LogP contribution in [0.25, 0.3) is 0 Å². The summed E-state index contributed by atoms with van der Waals surface area (Å²) in [5, 5.41) is 3.03. The summed E-state index contributed by atoms with van der Waals surface area (Å²) in [6, 6.07) is 3.25. The average Bonchev–Trinajstić information content (AvgIpc) is 2.02. The van der Waals surface area contributed by atoms with Gasteiger partial charge in [-0.25, -0.2) is 13.4 Å². The zero-order chi connectivity index (χ0) is 10.8. The molecule has 14 heavy (non-hydrogen) atoms. The van der Waals surface area contributed by atoms with Crippen LogP contribution in [0, 0.1) is 0 Å². The largest absolute Gasteiger partial charge is 0.368 e. The molecule has 0 unspecified atom stereocenters. The molecule has 0 spiro atoms. The first kappa shape index (κ1) is 11.3. The molecular formula is C8H11ClN2O2S. The lowest BCUT2D eigenvalue weighted by Gasteiger charge is -2.08. The van der Waals surface area contributed by atoms with Gasteiger partial charge in [-0.2, -0.15) is 0 Å². The predicted octanol–water partition coefficient (Wildman–Crippen LogP) is 1.83. The molecule has 78 valence electrons. The first-order valence-electron chi connectivity index (χ1n) is 4.07. The molecule has 0 fully saturated rings. The third kappa shape index (κ3) is 3.16. The molecule has 1 rings (SSSR count). The van der Waals surface area contributed by atoms with Crippen LogP contribution in [0.5, 0.6) is 0 Å². The molecule has 0 aliphatic carbocycles. The molecule has 6 heteroatoms. The van der Waals surface area contributed by atoms with Gasteiger partial charge in [0.15, 0.2) is 0 Å². The van der Waals surface area contributed by atoms with E-state index in [1.165, 1.54) is 12.3 Å². The van der Waals surface area contributed by atoms with E-state index in [0.29, 0.717) is 5.82 Å². The summed E-state index contributed by atoms with van der Waals surface area (Å²) in [5.41, 5.74) is 0. The maximum absolute atomic E-state index is 10.9. The lowest BCUT2D eigenvalue weighted by Crippen LogP contribution is -2.10. The van der Waals surface area contributed by atoms with E-state index in [9.17, 15) is 8.42 Å². The van der Waals surface area contributed by atoms with Gasteiger partial charge in [0.1, 0.15) is 10.7 Å². The van der Waals surface area contributed by atoms with Gasteiger partial charge in [0, 0.05) is 22.9 Å². The molecule has 1 N–H and O–H groups in total. The van der Waals surface area contributed by atoms with Crippen molar-refractivity contribution in [2.45, 2.75) is 24.8 Å². The Morgan fingerprint density at radius 1 is 1.43 bits per heavy atom. The van der Waals surface area contributed by atoms with Gasteiger partial charge in [0.25, 0.3) is 9.05 Å². The first-order chi connectivity index (χ1) is 6.39. The van der Waals surface area contributed by atoms with Crippen molar-refractivity contribution in [2.24, 2.45) is 0 Å². The Balaban J connectivity index is 2.90. The normalized spacial score (nSPS) is 11.7. The van der Waals surface area contributed by atoms with Crippen LogP contribution >= 0.6 is 10.7 Å². The molecule has 0 aliphatic rings. The standard InChI is InChI=1S/C8H11ClN2O2S/c1-6(2)11-8-4-3-7(5-10-8)14(9,12)13/h3-6H,1-2H3,(H,10,11). The minimum Gasteiger partial charge on any atom is -0.368 e. The van der Waals surface area contributed by atoms with Crippen LogP contribution in [-0.2, 0) is 9.05 Å². The van der Waals surface area contributed by atoms with Crippen molar-refractivity contribution >= 4 is 25.6 Å². The van der Waals surface area contributed by atoms with Gasteiger partial charge in [-0.05, 0) is 26.0 Å². The van der Waals surface area contributed by atoms with Crippen molar-refractivity contribution < 1.29 is 8.42 Å². The SMILES string of the molecule is CC(C)Nc1ccc(S(=O)(=O)Cl)cn1. The Hall–Kier alpha value is -0.810. The molecule has 1 aromatic rings. The number of rotatable bonds is 3. The van der Waals surface area contributed by atoms with E-state index >= 15 is 0 Å². The molecule has 1 aromatic heterocycles. The lowest BCUT2D eigenvalue weighted by atomic mass is 10.4. The van der Waals surface area contributed by atoms with E-state index in [4.69, 9.17) is 10.7 Å². The number of pyridine rings is 1. The molecule has 0 saturated carbocycles. The molecular weight excluding hydrogens is 224 g/mol. The van der Waals surface area contributed by atoms with Crippen molar-refractivity contribution in [1.82, 2.24) is 4.98 Å². The first-order valence-corrected chi connectivity index (χ1v) is 6.38. The van der Waals surface area contributed by atoms with Crippen molar-refractivity contribution in [2.75, 3.05) is 5.32 Å². The molecule has 0 aromatic carbocycles. The van der Waals surface area contributed by atoms with Crippen molar-refractivity contribution in [3.63, 3.8) is 0 Å². The van der Waals surface area contributed by atoms with E-state index in [0.717, 1.165) is 0 Å². The van der Waals surface area contributed by atoms with Crippen molar-refractivity contribution in [3.8, 4) is 0 Å². The summed E-state index contributed by atoms with van der Waals surface area (Å²) < 4.78 is 21.7. The molecule has 0 aliphatic heterocycles. The van der Waals surface area contributed by atoms with Crippen LogP contribution in [0.4, 0.5) is 5.82 Å². The molecule has 0 radical (unpaired) electrons. The third-order valence-electron chi connectivity index (χ3n) is 1.45. The Morgan fingerprint density at radius 3 is 2.43 bits per heavy atom. The average molecular weight is 235 g/mol. The third-order valence-corrected chi connectivity index (χ3v) is 2.79. The second-order valence-electron chi connectivity index (χ2n) is 3.12. The number of nitrogens with one attached hydrogen (secondary N) is 1. The van der Waals surface area contributed by atoms with E-state index in [2.05, 4.69) is 10.3 Å². The summed E-state index contributed by atoms with van der Waals surface area (Å²) in [6.45, 7) is 3.93. The number of aromatic nitrogens is 1. The van der Waals surface area contributed by atoms with Crippen LogP contribution < -0.4 is 5.32 Å². The summed E-state index contributed by atoms with van der Waals surface area (Å²) >= 11 is 0. The fourth-order valence-electron chi connectivity index (χ4n) is 0.906. The van der Waals surface area contributed by atoms with Crippen LogP contribution in [0.15, 0.2) is 23.2 Å². The number of nitrogens with zero attached hydrogens (tertiary/aromatic N) is 1. The predicted molar refractivity (Wildman–Crippen MR) is 56.0 cm³/mol. The Morgan fingerprint density at radius 2 is 2.07 bits per heavy atom. The van der Waals surface area contributed by atoms with Gasteiger partial charge in [-0.3, -0.25) is 0 Å². The smallest absolute Gasteiger partial charge is 0.262 e. The highest BCUT2D eigenvalue weighted by Crippen LogP contribution is 2.15. The van der Waals surface area contributed by atoms with Gasteiger partial charge in [0.2, 0.25) is 0 Å². The second kappa shape index (κ2) is 4.14. The van der Waals surface area contributed by atoms with Crippen molar-refractivity contribution in [1.29, 1.82) is 0 Å². The van der Waals surface area contributed by atoms with Gasteiger partial charge >= 0.3 is 0 Å². The lowest BCUT2D eigenvalue weighted by molar-refractivity contribution is 0.609. The van der Waals surface area contributed by atoms with Crippen LogP contribution in [0.3, 0.4) is 0 Å². The molecule has 4 nitrogen and oxygen atoms in total. The topological polar surface area (TPSA) is 59.1 Å². The summed E-state index contributed by atoms with van der Waals surface area (Å²) in [7, 11) is 1.46. The second-order valence-corrected chi connectivity index (χ2v) is 5.68. The van der Waals surface area contributed by atoms with Crippen molar-refractivity contribution in [3.05, 3.63) is 18.3 Å². The molecule has 0 bridgehead atoms. The molecule has 0 atom stereocenters. The van der Waals surface area contributed by atoms with Gasteiger partial charge in [-0.1, -0.05) is 0 Å². The highest BCUT2D eigenvalue weighted by atomic mass is 35.7. The minimum absolute atomic E-state index is 0.00785. The molecule has 0 amide bonds. The maximum Gasteiger partial charge on any atom is 0.262 e. The van der Waals surface area contributed by atoms with Gasteiger partial charge < -0.3 is 5.32 Å². The highest BCUT2D eigenvalue weighted by Gasteiger charge is 2.09. The molecule has 1 heterocycles. The zero-order valence-electron chi connectivity index (χ0n) is 7.86. The Kier molecular flexibility index (Phi) is 3.34. The summed E-state index contributed by atoms with van der Waals surface area (Å²) in [5.74, 6) is 0.629. The van der Waals surface area contributed by atoms with Crippen LogP contribution in [0.2, 0.25) is 0 Å². The maximum atomic E-state index is 10.9. The Labute approximate surface area is 87.7 Å². The van der Waals surface area contributed by atoms with E-state index in [1.54, 1.807) is 6.07 Å². The van der Waals surface area contributed by atoms with E-state index in [-0.39, 0.29) is 10.9 Å². The summed E-state index contributed by atoms with van der Waals surface area (Å²) in [4.78, 5) is 3.92. The fourth-order valence-corrected chi connectivity index (χ4v) is 1.59. The fraction of sp³-hybridized carbons (Fsp3) is 0.375. The van der Waals surface area contributed by atoms with Crippen LogP contribution in [-0.4, -0.2) is 19.4 Å².